The fraction of sp³-hybridized carbons (Fsp3) is 0.387. The highest BCUT2D eigenvalue weighted by Crippen LogP contribution is 2.41. The Morgan fingerprint density at radius 2 is 1.88 bits per heavy atom. The first-order valence-corrected chi connectivity index (χ1v) is 14.4. The van der Waals surface area contributed by atoms with Crippen LogP contribution < -0.4 is 37.2 Å². The van der Waals surface area contributed by atoms with Crippen LogP contribution in [-0.4, -0.2) is 54.2 Å². The van der Waals surface area contributed by atoms with Crippen molar-refractivity contribution in [3.63, 3.8) is 0 Å². The SMILES string of the molecule is C=C(CC)[C@H](NC(=O)Cc1ccccc1)C(=O)NCC1CCc2cccc3c2N(C1O)[C@H](C(=O)NCC1=CNNN1)C3. The average molecular weight is 574 g/mol. The van der Waals surface area contributed by atoms with Crippen molar-refractivity contribution in [2.24, 2.45) is 5.92 Å². The highest BCUT2D eigenvalue weighted by Gasteiger charge is 2.43. The van der Waals surface area contributed by atoms with Crippen molar-refractivity contribution < 1.29 is 19.5 Å². The number of nitrogens with zero attached hydrogens (tertiary/aromatic N) is 1. The lowest BCUT2D eigenvalue weighted by Gasteiger charge is -2.35. The molecule has 0 fully saturated rings. The molecule has 0 bridgehead atoms. The second kappa shape index (κ2) is 13.1. The van der Waals surface area contributed by atoms with E-state index in [4.69, 9.17) is 0 Å². The molecule has 2 aromatic rings. The maximum atomic E-state index is 13.4. The Balaban J connectivity index is 1.26. The maximum absolute atomic E-state index is 13.4. The van der Waals surface area contributed by atoms with E-state index >= 15 is 0 Å². The van der Waals surface area contributed by atoms with Gasteiger partial charge in [-0.05, 0) is 41.5 Å². The molecule has 11 nitrogen and oxygen atoms in total. The average Bonchev–Trinajstić information content (AvgIpc) is 3.64. The van der Waals surface area contributed by atoms with Crippen LogP contribution in [0.15, 0.2) is 72.6 Å². The molecular formula is C31H39N7O4. The number of para-hydroxylation sites is 1. The summed E-state index contributed by atoms with van der Waals surface area (Å²) in [7, 11) is 0. The molecule has 0 saturated carbocycles. The molecule has 2 aromatic carbocycles. The number of hydrogen-bond donors (Lipinski definition) is 7. The summed E-state index contributed by atoms with van der Waals surface area (Å²) in [6.07, 6.45) is 3.24. The molecule has 0 saturated heterocycles. The van der Waals surface area contributed by atoms with Gasteiger partial charge < -0.3 is 36.8 Å². The molecule has 42 heavy (non-hydrogen) atoms. The summed E-state index contributed by atoms with van der Waals surface area (Å²) in [4.78, 5) is 41.3. The Morgan fingerprint density at radius 3 is 2.62 bits per heavy atom. The molecular weight excluding hydrogens is 534 g/mol. The Morgan fingerprint density at radius 1 is 1.10 bits per heavy atom. The van der Waals surface area contributed by atoms with Crippen LogP contribution in [0.5, 0.6) is 0 Å². The van der Waals surface area contributed by atoms with Gasteiger partial charge in [-0.15, -0.1) is 0 Å². The number of nitrogens with one attached hydrogen (secondary N) is 6. The number of aliphatic hydroxyl groups is 1. The van der Waals surface area contributed by atoms with Gasteiger partial charge in [0, 0.05) is 30.8 Å². The zero-order valence-corrected chi connectivity index (χ0v) is 23.8. The highest BCUT2D eigenvalue weighted by molar-refractivity contribution is 5.91. The van der Waals surface area contributed by atoms with Crippen LogP contribution >= 0.6 is 0 Å². The van der Waals surface area contributed by atoms with Gasteiger partial charge in [0.05, 0.1) is 18.7 Å². The van der Waals surface area contributed by atoms with Crippen LogP contribution in [0.1, 0.15) is 36.5 Å². The number of rotatable bonds is 11. The second-order valence-corrected chi connectivity index (χ2v) is 11.0. The van der Waals surface area contributed by atoms with E-state index < -0.39 is 18.3 Å². The normalized spacial score (nSPS) is 21.1. The smallest absolute Gasteiger partial charge is 0.246 e. The summed E-state index contributed by atoms with van der Waals surface area (Å²) in [5, 5.41) is 20.4. The summed E-state index contributed by atoms with van der Waals surface area (Å²) >= 11 is 0. The molecule has 5 rings (SSSR count). The van der Waals surface area contributed by atoms with Gasteiger partial charge in [-0.25, -0.2) is 0 Å². The summed E-state index contributed by atoms with van der Waals surface area (Å²) in [5.74, 6) is -1.16. The zero-order chi connectivity index (χ0) is 29.6. The number of carbonyl (C=O) groups excluding carboxylic acids is 3. The molecule has 11 heteroatoms. The minimum atomic E-state index is -0.987. The lowest BCUT2D eigenvalue weighted by atomic mass is 9.96. The molecule has 2 unspecified atom stereocenters. The van der Waals surface area contributed by atoms with Gasteiger partial charge in [-0.3, -0.25) is 14.4 Å². The standard InChI is InChI=1S/C31H39N7O4/c1-3-19(2)27(35-26(39)14-20-8-5-4-6-9-20)30(41)32-16-23-13-12-21-10-7-11-22-15-25(38(28(21)22)31(23)42)29(40)33-17-24-18-34-37-36-24/h4-11,18,23,25,27,31,34,36-37,42H,2-3,12-17H2,1H3,(H,32,41)(H,33,40)(H,35,39)/t23?,25-,27-,31?/m0/s1. The van der Waals surface area contributed by atoms with E-state index in [0.29, 0.717) is 37.8 Å². The van der Waals surface area contributed by atoms with Crippen molar-refractivity contribution in [3.8, 4) is 0 Å². The van der Waals surface area contributed by atoms with E-state index in [9.17, 15) is 19.5 Å². The van der Waals surface area contributed by atoms with Gasteiger partial charge in [0.15, 0.2) is 0 Å². The summed E-state index contributed by atoms with van der Waals surface area (Å²) < 4.78 is 0. The predicted octanol–water partition coefficient (Wildman–Crippen LogP) is 0.678. The monoisotopic (exact) mass is 573 g/mol. The Kier molecular flexibility index (Phi) is 9.09. The first-order chi connectivity index (χ1) is 20.4. The largest absolute Gasteiger partial charge is 0.373 e. The third-order valence-electron chi connectivity index (χ3n) is 8.17. The summed E-state index contributed by atoms with van der Waals surface area (Å²) in [6.45, 7) is 6.40. The predicted molar refractivity (Wildman–Crippen MR) is 159 cm³/mol. The van der Waals surface area contributed by atoms with Crippen molar-refractivity contribution in [1.29, 1.82) is 0 Å². The van der Waals surface area contributed by atoms with Gasteiger partial charge in [0.25, 0.3) is 0 Å². The number of aliphatic hydroxyl groups excluding tert-OH is 1. The summed E-state index contributed by atoms with van der Waals surface area (Å²) in [6, 6.07) is 13.9. The fourth-order valence-electron chi connectivity index (χ4n) is 5.82. The van der Waals surface area contributed by atoms with Gasteiger partial charge in [0.1, 0.15) is 18.3 Å². The lowest BCUT2D eigenvalue weighted by Crippen LogP contribution is -2.54. The van der Waals surface area contributed by atoms with Crippen LogP contribution in [0.3, 0.4) is 0 Å². The van der Waals surface area contributed by atoms with E-state index in [1.54, 1.807) is 6.20 Å². The van der Waals surface area contributed by atoms with E-state index in [1.807, 2.05) is 60.4 Å². The lowest BCUT2D eigenvalue weighted by molar-refractivity contribution is -0.128. The molecule has 3 heterocycles. The van der Waals surface area contributed by atoms with Crippen molar-refractivity contribution >= 4 is 23.4 Å². The molecule has 4 atom stereocenters. The third-order valence-corrected chi connectivity index (χ3v) is 8.17. The Labute approximate surface area is 245 Å². The van der Waals surface area contributed by atoms with Crippen LogP contribution in [0.4, 0.5) is 5.69 Å². The van der Waals surface area contributed by atoms with Gasteiger partial charge in [0.2, 0.25) is 17.7 Å². The van der Waals surface area contributed by atoms with E-state index in [2.05, 4.69) is 38.9 Å². The zero-order valence-electron chi connectivity index (χ0n) is 23.8. The number of hydrazine groups is 2. The molecule has 3 amide bonds. The number of anilines is 1. The van der Waals surface area contributed by atoms with Crippen LogP contribution in [0.25, 0.3) is 0 Å². The summed E-state index contributed by atoms with van der Waals surface area (Å²) in [5.41, 5.74) is 13.7. The molecule has 3 aliphatic rings. The molecule has 0 aromatic heterocycles. The minimum Gasteiger partial charge on any atom is -0.373 e. The number of amides is 3. The maximum Gasteiger partial charge on any atom is 0.246 e. The van der Waals surface area contributed by atoms with Crippen LogP contribution in [0, 0.1) is 5.92 Å². The van der Waals surface area contributed by atoms with E-state index in [1.165, 1.54) is 0 Å². The first kappa shape index (κ1) is 29.2. The van der Waals surface area contributed by atoms with Gasteiger partial charge in [-0.2, -0.15) is 5.53 Å². The van der Waals surface area contributed by atoms with Crippen molar-refractivity contribution in [1.82, 2.24) is 32.3 Å². The van der Waals surface area contributed by atoms with Crippen molar-refractivity contribution in [2.45, 2.75) is 57.3 Å². The van der Waals surface area contributed by atoms with Crippen molar-refractivity contribution in [3.05, 3.63) is 89.3 Å². The molecule has 7 N–H and O–H groups in total. The quantitative estimate of drug-likeness (QED) is 0.194. The van der Waals surface area contributed by atoms with Gasteiger partial charge in [-0.1, -0.05) is 62.0 Å². The van der Waals surface area contributed by atoms with Crippen LogP contribution in [0.2, 0.25) is 0 Å². The minimum absolute atomic E-state index is 0.155. The highest BCUT2D eigenvalue weighted by atomic mass is 16.3. The number of benzene rings is 2. The third kappa shape index (κ3) is 6.42. The molecule has 0 radical (unpaired) electrons. The van der Waals surface area contributed by atoms with E-state index in [0.717, 1.165) is 28.1 Å². The number of carbonyl (C=O) groups is 3. The van der Waals surface area contributed by atoms with Crippen LogP contribution in [-0.2, 0) is 33.6 Å². The topological polar surface area (TPSA) is 147 Å². The molecule has 3 aliphatic heterocycles. The fourth-order valence-corrected chi connectivity index (χ4v) is 5.82. The van der Waals surface area contributed by atoms with Gasteiger partial charge >= 0.3 is 0 Å². The number of hydrogen-bond acceptors (Lipinski definition) is 8. The molecule has 0 spiro atoms. The molecule has 222 valence electrons. The first-order valence-electron chi connectivity index (χ1n) is 14.4. The number of aryl methyl sites for hydroxylation is 1. The van der Waals surface area contributed by atoms with Crippen molar-refractivity contribution in [2.75, 3.05) is 18.0 Å². The Bertz CT molecular complexity index is 1360. The molecule has 0 aliphatic carbocycles. The Hall–Kier alpha value is -4.35. The second-order valence-electron chi connectivity index (χ2n) is 11.0. The van der Waals surface area contributed by atoms with E-state index in [-0.39, 0.29) is 36.6 Å².